The number of nitrogens with one attached hydrogen (secondary N) is 1. The maximum absolute atomic E-state index is 9.56. The Hall–Kier alpha value is -1.54. The summed E-state index contributed by atoms with van der Waals surface area (Å²) >= 11 is 0. The van der Waals surface area contributed by atoms with E-state index >= 15 is 0 Å². The lowest BCUT2D eigenvalue weighted by Crippen LogP contribution is -1.98. The van der Waals surface area contributed by atoms with Crippen LogP contribution >= 0.6 is 0 Å². The molecule has 1 heterocycles. The molecule has 1 unspecified atom stereocenters. The van der Waals surface area contributed by atoms with Crippen LogP contribution in [0.2, 0.25) is 0 Å². The van der Waals surface area contributed by atoms with Crippen molar-refractivity contribution in [1.29, 1.82) is 0 Å². The molecule has 2 N–H and O–H groups in total. The minimum Gasteiger partial charge on any atom is -0.387 e. The summed E-state index contributed by atoms with van der Waals surface area (Å²) in [4.78, 5) is 3.09. The number of aromatic amines is 1. The molecule has 16 heavy (non-hydrogen) atoms. The van der Waals surface area contributed by atoms with Gasteiger partial charge in [-0.25, -0.2) is 0 Å². The number of aliphatic hydroxyl groups excluding tert-OH is 1. The number of aryl methyl sites for hydroxylation is 2. The Balaban J connectivity index is 2.02. The van der Waals surface area contributed by atoms with Gasteiger partial charge in [-0.15, -0.1) is 0 Å². The van der Waals surface area contributed by atoms with Crippen LogP contribution in [0.4, 0.5) is 0 Å². The minimum absolute atomic E-state index is 0.416. The molecule has 2 rings (SSSR count). The monoisotopic (exact) mass is 215 g/mol. The van der Waals surface area contributed by atoms with E-state index in [0.717, 1.165) is 18.5 Å². The second kappa shape index (κ2) is 4.99. The number of benzene rings is 1. The number of aromatic nitrogens is 1. The molecule has 0 aliphatic carbocycles. The molecule has 0 bridgehead atoms. The number of hydrogen-bond acceptors (Lipinski definition) is 1. The summed E-state index contributed by atoms with van der Waals surface area (Å²) in [5.41, 5.74) is 3.48. The molecule has 1 aromatic heterocycles. The lowest BCUT2D eigenvalue weighted by Gasteiger charge is -2.06. The van der Waals surface area contributed by atoms with Crippen molar-refractivity contribution >= 4 is 0 Å². The van der Waals surface area contributed by atoms with E-state index in [9.17, 15) is 5.11 Å². The summed E-state index contributed by atoms with van der Waals surface area (Å²) in [5.74, 6) is 0. The largest absolute Gasteiger partial charge is 0.387 e. The van der Waals surface area contributed by atoms with Crippen LogP contribution in [0.1, 0.15) is 29.8 Å². The van der Waals surface area contributed by atoms with Crippen molar-refractivity contribution in [2.24, 2.45) is 0 Å². The van der Waals surface area contributed by atoms with E-state index in [1.54, 1.807) is 6.92 Å². The Kier molecular flexibility index (Phi) is 3.42. The second-order valence-corrected chi connectivity index (χ2v) is 4.08. The van der Waals surface area contributed by atoms with Crippen LogP contribution in [0.5, 0.6) is 0 Å². The maximum atomic E-state index is 9.56. The van der Waals surface area contributed by atoms with Gasteiger partial charge in [0.15, 0.2) is 0 Å². The summed E-state index contributed by atoms with van der Waals surface area (Å²) in [6, 6.07) is 12.5. The summed E-state index contributed by atoms with van der Waals surface area (Å²) in [6.07, 6.45) is 3.45. The highest BCUT2D eigenvalue weighted by molar-refractivity contribution is 5.24. The summed E-state index contributed by atoms with van der Waals surface area (Å²) < 4.78 is 0. The van der Waals surface area contributed by atoms with Gasteiger partial charge in [-0.05, 0) is 37.0 Å². The van der Waals surface area contributed by atoms with Crippen molar-refractivity contribution in [2.45, 2.75) is 25.9 Å². The van der Waals surface area contributed by atoms with E-state index in [-0.39, 0.29) is 0 Å². The van der Waals surface area contributed by atoms with Crippen molar-refractivity contribution in [3.8, 4) is 0 Å². The fourth-order valence-electron chi connectivity index (χ4n) is 1.95. The smallest absolute Gasteiger partial charge is 0.0912 e. The Morgan fingerprint density at radius 3 is 2.56 bits per heavy atom. The standard InChI is InChI=1S/C14H17NO/c1-11(16)14-13(9-10-15-14)8-7-12-5-3-2-4-6-12/h2-6,9-11,15-16H,7-8H2,1H3. The zero-order valence-electron chi connectivity index (χ0n) is 9.48. The van der Waals surface area contributed by atoms with E-state index in [0.29, 0.717) is 0 Å². The molecule has 0 amide bonds. The van der Waals surface area contributed by atoms with Crippen molar-refractivity contribution in [3.63, 3.8) is 0 Å². The first-order valence-electron chi connectivity index (χ1n) is 5.65. The molecule has 84 valence electrons. The molecule has 0 aliphatic heterocycles. The van der Waals surface area contributed by atoms with Gasteiger partial charge in [0.1, 0.15) is 0 Å². The summed E-state index contributed by atoms with van der Waals surface area (Å²) in [7, 11) is 0. The Bertz CT molecular complexity index is 431. The molecule has 2 nitrogen and oxygen atoms in total. The van der Waals surface area contributed by atoms with Crippen molar-refractivity contribution < 1.29 is 5.11 Å². The third kappa shape index (κ3) is 2.52. The van der Waals surface area contributed by atoms with Gasteiger partial charge >= 0.3 is 0 Å². The lowest BCUT2D eigenvalue weighted by molar-refractivity contribution is 0.194. The molecule has 0 aliphatic rings. The fourth-order valence-corrected chi connectivity index (χ4v) is 1.95. The van der Waals surface area contributed by atoms with E-state index in [1.165, 1.54) is 11.1 Å². The summed E-state index contributed by atoms with van der Waals surface area (Å²) in [5, 5.41) is 9.56. The third-order valence-electron chi connectivity index (χ3n) is 2.81. The number of hydrogen-bond donors (Lipinski definition) is 2. The molecule has 1 aromatic carbocycles. The van der Waals surface area contributed by atoms with Crippen LogP contribution in [-0.2, 0) is 12.8 Å². The summed E-state index contributed by atoms with van der Waals surface area (Å²) in [6.45, 7) is 1.79. The highest BCUT2D eigenvalue weighted by atomic mass is 16.3. The number of rotatable bonds is 4. The molecule has 0 spiro atoms. The number of H-pyrrole nitrogens is 1. The normalized spacial score (nSPS) is 12.6. The first kappa shape index (κ1) is 11.0. The van der Waals surface area contributed by atoms with Crippen LogP contribution in [0.25, 0.3) is 0 Å². The van der Waals surface area contributed by atoms with Gasteiger partial charge in [-0.1, -0.05) is 30.3 Å². The van der Waals surface area contributed by atoms with Crippen LogP contribution < -0.4 is 0 Å². The average molecular weight is 215 g/mol. The highest BCUT2D eigenvalue weighted by Gasteiger charge is 2.08. The predicted octanol–water partition coefficient (Wildman–Crippen LogP) is 2.85. The van der Waals surface area contributed by atoms with E-state index in [1.807, 2.05) is 18.3 Å². The molecular formula is C14H17NO. The molecule has 0 saturated heterocycles. The molecular weight excluding hydrogens is 198 g/mol. The highest BCUT2D eigenvalue weighted by Crippen LogP contribution is 2.17. The Labute approximate surface area is 96.0 Å². The third-order valence-corrected chi connectivity index (χ3v) is 2.81. The zero-order valence-corrected chi connectivity index (χ0v) is 9.48. The van der Waals surface area contributed by atoms with Crippen LogP contribution in [0.15, 0.2) is 42.6 Å². The van der Waals surface area contributed by atoms with Gasteiger partial charge in [-0.2, -0.15) is 0 Å². The molecule has 0 saturated carbocycles. The Morgan fingerprint density at radius 1 is 1.12 bits per heavy atom. The van der Waals surface area contributed by atoms with Crippen LogP contribution in [0.3, 0.4) is 0 Å². The molecule has 0 fully saturated rings. The number of aliphatic hydroxyl groups is 1. The van der Waals surface area contributed by atoms with Crippen LogP contribution in [0, 0.1) is 0 Å². The SMILES string of the molecule is CC(O)c1[nH]ccc1CCc1ccccc1. The van der Waals surface area contributed by atoms with Crippen molar-refractivity contribution in [1.82, 2.24) is 4.98 Å². The van der Waals surface area contributed by atoms with E-state index in [4.69, 9.17) is 0 Å². The van der Waals surface area contributed by atoms with Crippen molar-refractivity contribution in [2.75, 3.05) is 0 Å². The van der Waals surface area contributed by atoms with Gasteiger partial charge in [0.05, 0.1) is 6.10 Å². The minimum atomic E-state index is -0.416. The van der Waals surface area contributed by atoms with Crippen molar-refractivity contribution in [3.05, 3.63) is 59.4 Å². The van der Waals surface area contributed by atoms with Gasteiger partial charge in [0.2, 0.25) is 0 Å². The molecule has 1 atom stereocenters. The Morgan fingerprint density at radius 2 is 1.88 bits per heavy atom. The van der Waals surface area contributed by atoms with Gasteiger partial charge in [0, 0.05) is 11.9 Å². The van der Waals surface area contributed by atoms with E-state index in [2.05, 4.69) is 29.2 Å². The molecule has 0 radical (unpaired) electrons. The van der Waals surface area contributed by atoms with E-state index < -0.39 is 6.10 Å². The lowest BCUT2D eigenvalue weighted by atomic mass is 10.0. The fraction of sp³-hybridized carbons (Fsp3) is 0.286. The quantitative estimate of drug-likeness (QED) is 0.808. The van der Waals surface area contributed by atoms with Gasteiger partial charge < -0.3 is 10.1 Å². The predicted molar refractivity (Wildman–Crippen MR) is 65.3 cm³/mol. The first-order chi connectivity index (χ1) is 7.77. The van der Waals surface area contributed by atoms with Crippen LogP contribution in [-0.4, -0.2) is 10.1 Å². The second-order valence-electron chi connectivity index (χ2n) is 4.08. The maximum Gasteiger partial charge on any atom is 0.0912 e. The molecule has 2 heteroatoms. The zero-order chi connectivity index (χ0) is 11.4. The average Bonchev–Trinajstić information content (AvgIpc) is 2.76. The topological polar surface area (TPSA) is 36.0 Å². The molecule has 2 aromatic rings. The van der Waals surface area contributed by atoms with Gasteiger partial charge in [0.25, 0.3) is 0 Å². The first-order valence-corrected chi connectivity index (χ1v) is 5.65. The van der Waals surface area contributed by atoms with Gasteiger partial charge in [-0.3, -0.25) is 0 Å².